The Morgan fingerprint density at radius 2 is 1.86 bits per heavy atom. The summed E-state index contributed by atoms with van der Waals surface area (Å²) in [5.41, 5.74) is -0.302. The second-order valence-electron chi connectivity index (χ2n) is 6.53. The first-order valence-corrected chi connectivity index (χ1v) is 10.1. The predicted octanol–water partition coefficient (Wildman–Crippen LogP) is 4.18. The van der Waals surface area contributed by atoms with Crippen LogP contribution in [0.2, 0.25) is 0 Å². The molecule has 1 fully saturated rings. The standard InChI is InChI=1S/C16H29NO3S2/c1-6-7-9-17(16(3,4)5)15(19)20-12(2)13(18)14-21-10-8-11-22-14/h12,14H,6-11H2,1-5H3. The Morgan fingerprint density at radius 1 is 1.27 bits per heavy atom. The third-order valence-electron chi connectivity index (χ3n) is 3.50. The molecule has 0 saturated carbocycles. The number of carbonyl (C=O) groups is 2. The van der Waals surface area contributed by atoms with E-state index < -0.39 is 6.10 Å². The van der Waals surface area contributed by atoms with Crippen LogP contribution >= 0.6 is 23.5 Å². The van der Waals surface area contributed by atoms with Crippen molar-refractivity contribution < 1.29 is 14.3 Å². The van der Waals surface area contributed by atoms with Crippen molar-refractivity contribution >= 4 is 35.4 Å². The van der Waals surface area contributed by atoms with Gasteiger partial charge in [-0.1, -0.05) is 13.3 Å². The van der Waals surface area contributed by atoms with Crippen molar-refractivity contribution in [1.29, 1.82) is 0 Å². The van der Waals surface area contributed by atoms with Crippen LogP contribution in [0.1, 0.15) is 53.9 Å². The van der Waals surface area contributed by atoms with Gasteiger partial charge in [0.05, 0.1) is 0 Å². The highest BCUT2D eigenvalue weighted by Gasteiger charge is 2.33. The molecule has 1 unspecified atom stereocenters. The fourth-order valence-corrected chi connectivity index (χ4v) is 5.04. The van der Waals surface area contributed by atoms with Crippen LogP contribution < -0.4 is 0 Å². The zero-order valence-corrected chi connectivity index (χ0v) is 16.0. The Balaban J connectivity index is 2.61. The maximum absolute atomic E-state index is 12.4. The SMILES string of the molecule is CCCCN(C(=O)OC(C)C(=O)C1SCCCS1)C(C)(C)C. The van der Waals surface area contributed by atoms with Gasteiger partial charge in [0.25, 0.3) is 0 Å². The Labute approximate surface area is 143 Å². The topological polar surface area (TPSA) is 46.6 Å². The van der Waals surface area contributed by atoms with E-state index in [4.69, 9.17) is 4.74 Å². The molecule has 6 heteroatoms. The van der Waals surface area contributed by atoms with Crippen molar-refractivity contribution in [2.75, 3.05) is 18.1 Å². The molecule has 1 amide bonds. The second-order valence-corrected chi connectivity index (χ2v) is 9.26. The molecule has 1 rings (SSSR count). The smallest absolute Gasteiger partial charge is 0.410 e. The fourth-order valence-electron chi connectivity index (χ4n) is 2.13. The summed E-state index contributed by atoms with van der Waals surface area (Å²) in [7, 11) is 0. The molecule has 1 aliphatic heterocycles. The van der Waals surface area contributed by atoms with Crippen molar-refractivity contribution in [2.45, 2.75) is 70.1 Å². The van der Waals surface area contributed by atoms with Crippen molar-refractivity contribution in [3.63, 3.8) is 0 Å². The molecular weight excluding hydrogens is 318 g/mol. The number of thioether (sulfide) groups is 2. The van der Waals surface area contributed by atoms with Crippen LogP contribution in [-0.2, 0) is 9.53 Å². The van der Waals surface area contributed by atoms with E-state index in [9.17, 15) is 9.59 Å². The number of Topliss-reactive ketones (excluding diaryl/α,β-unsaturated/α-hetero) is 1. The molecule has 1 heterocycles. The summed E-state index contributed by atoms with van der Waals surface area (Å²) >= 11 is 3.33. The molecule has 0 N–H and O–H groups in total. The quantitative estimate of drug-likeness (QED) is 0.721. The molecule has 1 aliphatic rings. The van der Waals surface area contributed by atoms with Crippen LogP contribution in [0.3, 0.4) is 0 Å². The van der Waals surface area contributed by atoms with Gasteiger partial charge in [0.2, 0.25) is 0 Å². The van der Waals surface area contributed by atoms with Crippen LogP contribution in [0.15, 0.2) is 0 Å². The molecule has 1 atom stereocenters. The van der Waals surface area contributed by atoms with E-state index in [2.05, 4.69) is 6.92 Å². The molecule has 0 aromatic rings. The maximum Gasteiger partial charge on any atom is 0.410 e. The fraction of sp³-hybridized carbons (Fsp3) is 0.875. The van der Waals surface area contributed by atoms with Gasteiger partial charge in [0.15, 0.2) is 11.9 Å². The van der Waals surface area contributed by atoms with Crippen molar-refractivity contribution in [1.82, 2.24) is 4.90 Å². The third kappa shape index (κ3) is 6.03. The molecule has 1 saturated heterocycles. The van der Waals surface area contributed by atoms with Crippen LogP contribution in [0.25, 0.3) is 0 Å². The highest BCUT2D eigenvalue weighted by molar-refractivity contribution is 8.18. The zero-order chi connectivity index (χ0) is 16.8. The number of rotatable bonds is 6. The van der Waals surface area contributed by atoms with Gasteiger partial charge in [-0.05, 0) is 52.0 Å². The highest BCUT2D eigenvalue weighted by atomic mass is 32.2. The van der Waals surface area contributed by atoms with Gasteiger partial charge in [0.1, 0.15) is 4.58 Å². The molecule has 22 heavy (non-hydrogen) atoms. The highest BCUT2D eigenvalue weighted by Crippen LogP contribution is 2.32. The molecule has 0 radical (unpaired) electrons. The number of ketones is 1. The summed E-state index contributed by atoms with van der Waals surface area (Å²) < 4.78 is 5.37. The lowest BCUT2D eigenvalue weighted by Gasteiger charge is -2.35. The molecule has 4 nitrogen and oxygen atoms in total. The van der Waals surface area contributed by atoms with E-state index in [-0.39, 0.29) is 22.0 Å². The summed E-state index contributed by atoms with van der Waals surface area (Å²) in [6.07, 6.45) is 2.03. The number of unbranched alkanes of at least 4 members (excludes halogenated alkanes) is 1. The normalized spacial score (nSPS) is 17.9. The summed E-state index contributed by atoms with van der Waals surface area (Å²) in [4.78, 5) is 26.5. The van der Waals surface area contributed by atoms with Crippen LogP contribution in [0.5, 0.6) is 0 Å². The van der Waals surface area contributed by atoms with Crippen molar-refractivity contribution in [2.24, 2.45) is 0 Å². The summed E-state index contributed by atoms with van der Waals surface area (Å²) in [5, 5.41) is 0. The Kier molecular flexibility index (Phi) is 8.11. The van der Waals surface area contributed by atoms with E-state index in [1.165, 1.54) is 0 Å². The van der Waals surface area contributed by atoms with E-state index >= 15 is 0 Å². The van der Waals surface area contributed by atoms with Gasteiger partial charge in [-0.15, -0.1) is 23.5 Å². The lowest BCUT2D eigenvalue weighted by molar-refractivity contribution is -0.125. The predicted molar refractivity (Wildman–Crippen MR) is 95.6 cm³/mol. The molecule has 0 aliphatic carbocycles. The minimum Gasteiger partial charge on any atom is -0.438 e. The average molecular weight is 348 g/mol. The number of hydrogen-bond acceptors (Lipinski definition) is 5. The van der Waals surface area contributed by atoms with E-state index in [1.807, 2.05) is 20.8 Å². The van der Waals surface area contributed by atoms with E-state index in [1.54, 1.807) is 35.3 Å². The molecule has 128 valence electrons. The first kappa shape index (κ1) is 19.7. The molecule has 0 aromatic heterocycles. The van der Waals surface area contributed by atoms with Crippen molar-refractivity contribution in [3.05, 3.63) is 0 Å². The van der Waals surface area contributed by atoms with Crippen molar-refractivity contribution in [3.8, 4) is 0 Å². The molecular formula is C16H29NO3S2. The van der Waals surface area contributed by atoms with E-state index in [0.29, 0.717) is 6.54 Å². The average Bonchev–Trinajstić information content (AvgIpc) is 2.46. The number of ether oxygens (including phenoxy) is 1. The minimum absolute atomic E-state index is 0.0207. The molecule has 0 bridgehead atoms. The largest absolute Gasteiger partial charge is 0.438 e. The number of carbonyl (C=O) groups excluding carboxylic acids is 2. The minimum atomic E-state index is -0.679. The molecule has 0 spiro atoms. The number of nitrogens with zero attached hydrogens (tertiary/aromatic N) is 1. The van der Waals surface area contributed by atoms with Gasteiger partial charge >= 0.3 is 6.09 Å². The van der Waals surface area contributed by atoms with Gasteiger partial charge < -0.3 is 9.64 Å². The first-order valence-electron chi connectivity index (χ1n) is 8.02. The lowest BCUT2D eigenvalue weighted by Crippen LogP contribution is -2.48. The van der Waals surface area contributed by atoms with E-state index in [0.717, 1.165) is 30.8 Å². The lowest BCUT2D eigenvalue weighted by atomic mass is 10.1. The monoisotopic (exact) mass is 347 g/mol. The van der Waals surface area contributed by atoms with Gasteiger partial charge in [-0.25, -0.2) is 4.79 Å². The third-order valence-corrected chi connectivity index (χ3v) is 6.44. The zero-order valence-electron chi connectivity index (χ0n) is 14.4. The first-order chi connectivity index (χ1) is 10.3. The number of amides is 1. The molecule has 0 aromatic carbocycles. The van der Waals surface area contributed by atoms with Crippen LogP contribution in [-0.4, -0.2) is 51.1 Å². The summed E-state index contributed by atoms with van der Waals surface area (Å²) in [6.45, 7) is 10.4. The number of hydrogen-bond donors (Lipinski definition) is 0. The second kappa shape index (κ2) is 9.06. The Hall–Kier alpha value is -0.360. The van der Waals surface area contributed by atoms with Gasteiger partial charge in [-0.3, -0.25) is 4.79 Å². The Bertz CT molecular complexity index is 376. The maximum atomic E-state index is 12.4. The van der Waals surface area contributed by atoms with Crippen LogP contribution in [0, 0.1) is 0 Å². The van der Waals surface area contributed by atoms with Crippen LogP contribution in [0.4, 0.5) is 4.79 Å². The van der Waals surface area contributed by atoms with Gasteiger partial charge in [0, 0.05) is 12.1 Å². The summed E-state index contributed by atoms with van der Waals surface area (Å²) in [5.74, 6) is 2.04. The Morgan fingerprint density at radius 3 is 2.36 bits per heavy atom. The van der Waals surface area contributed by atoms with Gasteiger partial charge in [-0.2, -0.15) is 0 Å². The summed E-state index contributed by atoms with van der Waals surface area (Å²) in [6, 6.07) is 0.